The van der Waals surface area contributed by atoms with Gasteiger partial charge in [-0.25, -0.2) is 13.8 Å². The summed E-state index contributed by atoms with van der Waals surface area (Å²) in [7, 11) is 0. The van der Waals surface area contributed by atoms with Gasteiger partial charge in [-0.1, -0.05) is 11.6 Å². The van der Waals surface area contributed by atoms with Gasteiger partial charge in [-0.3, -0.25) is 4.68 Å². The summed E-state index contributed by atoms with van der Waals surface area (Å²) in [5, 5.41) is 4.30. The SMILES string of the molecule is FC(F)Cn1nc(I)c2nc(Cl)cc(Br)c21. The molecule has 2 aromatic rings. The molecular formula is C8H4BrClF2IN3. The lowest BCUT2D eigenvalue weighted by Crippen LogP contribution is -2.08. The molecule has 0 fully saturated rings. The van der Waals surface area contributed by atoms with Crippen molar-refractivity contribution in [2.24, 2.45) is 0 Å². The number of hydrogen-bond donors (Lipinski definition) is 0. The molecule has 0 bridgehead atoms. The highest BCUT2D eigenvalue weighted by Crippen LogP contribution is 2.28. The molecule has 2 rings (SSSR count). The number of halogens is 5. The van der Waals surface area contributed by atoms with Gasteiger partial charge >= 0.3 is 0 Å². The van der Waals surface area contributed by atoms with Crippen LogP contribution in [0.5, 0.6) is 0 Å². The third kappa shape index (κ3) is 2.30. The molecule has 0 aromatic carbocycles. The van der Waals surface area contributed by atoms with Gasteiger partial charge < -0.3 is 0 Å². The molecule has 0 aliphatic heterocycles. The fourth-order valence-electron chi connectivity index (χ4n) is 1.33. The normalized spacial score (nSPS) is 11.6. The minimum absolute atomic E-state index is 0.300. The summed E-state index contributed by atoms with van der Waals surface area (Å²) in [6, 6.07) is 1.56. The van der Waals surface area contributed by atoms with Gasteiger partial charge in [0.1, 0.15) is 26.4 Å². The largest absolute Gasteiger partial charge is 0.257 e. The van der Waals surface area contributed by atoms with Crippen LogP contribution < -0.4 is 0 Å². The zero-order valence-corrected chi connectivity index (χ0v) is 12.1. The highest BCUT2D eigenvalue weighted by Gasteiger charge is 2.16. The van der Waals surface area contributed by atoms with Crippen molar-refractivity contribution in [1.82, 2.24) is 14.8 Å². The van der Waals surface area contributed by atoms with Crippen LogP contribution >= 0.6 is 50.1 Å². The quantitative estimate of drug-likeness (QED) is 0.546. The van der Waals surface area contributed by atoms with Gasteiger partial charge in [0.25, 0.3) is 6.43 Å². The van der Waals surface area contributed by atoms with Gasteiger partial charge in [0.15, 0.2) is 0 Å². The van der Waals surface area contributed by atoms with Crippen LogP contribution in [0.4, 0.5) is 8.78 Å². The van der Waals surface area contributed by atoms with Gasteiger partial charge in [-0.05, 0) is 44.6 Å². The highest BCUT2D eigenvalue weighted by atomic mass is 127. The van der Waals surface area contributed by atoms with Gasteiger partial charge in [-0.2, -0.15) is 5.10 Å². The Bertz CT molecular complexity index is 546. The smallest absolute Gasteiger partial charge is 0.255 e. The second kappa shape index (κ2) is 4.69. The lowest BCUT2D eigenvalue weighted by atomic mass is 10.4. The van der Waals surface area contributed by atoms with E-state index < -0.39 is 13.0 Å². The topological polar surface area (TPSA) is 30.7 Å². The van der Waals surface area contributed by atoms with Gasteiger partial charge in [0.2, 0.25) is 0 Å². The number of pyridine rings is 1. The van der Waals surface area contributed by atoms with Crippen molar-refractivity contribution in [1.29, 1.82) is 0 Å². The predicted molar refractivity (Wildman–Crippen MR) is 69.0 cm³/mol. The first kappa shape index (κ1) is 12.4. The zero-order chi connectivity index (χ0) is 11.9. The van der Waals surface area contributed by atoms with E-state index in [4.69, 9.17) is 11.6 Å². The van der Waals surface area contributed by atoms with Gasteiger partial charge in [-0.15, -0.1) is 0 Å². The van der Waals surface area contributed by atoms with Crippen LogP contribution in [0.25, 0.3) is 11.0 Å². The van der Waals surface area contributed by atoms with E-state index >= 15 is 0 Å². The predicted octanol–water partition coefficient (Wildman–Crippen LogP) is 3.72. The van der Waals surface area contributed by atoms with Crippen molar-refractivity contribution in [2.45, 2.75) is 13.0 Å². The van der Waals surface area contributed by atoms with E-state index in [1.54, 1.807) is 6.07 Å². The van der Waals surface area contributed by atoms with Crippen molar-refractivity contribution in [3.63, 3.8) is 0 Å². The monoisotopic (exact) mass is 421 g/mol. The van der Waals surface area contributed by atoms with Gasteiger partial charge in [0, 0.05) is 4.47 Å². The first-order valence-corrected chi connectivity index (χ1v) is 6.40. The first-order chi connectivity index (χ1) is 7.49. The molecule has 0 N–H and O–H groups in total. The Hall–Kier alpha value is -0.0200. The van der Waals surface area contributed by atoms with E-state index in [1.165, 1.54) is 4.68 Å². The molecule has 0 amide bonds. The maximum atomic E-state index is 12.3. The summed E-state index contributed by atoms with van der Waals surface area (Å²) in [5.74, 6) is 0. The molecule has 8 heteroatoms. The summed E-state index contributed by atoms with van der Waals surface area (Å²) in [4.78, 5) is 4.06. The van der Waals surface area contributed by atoms with Crippen LogP contribution in [0, 0.1) is 3.70 Å². The third-order valence-electron chi connectivity index (χ3n) is 1.89. The van der Waals surface area contributed by atoms with Crippen LogP contribution in [0.3, 0.4) is 0 Å². The molecule has 3 nitrogen and oxygen atoms in total. The van der Waals surface area contributed by atoms with Crippen LogP contribution in [0.1, 0.15) is 0 Å². The van der Waals surface area contributed by atoms with E-state index in [-0.39, 0.29) is 0 Å². The van der Waals surface area contributed by atoms with Crippen molar-refractivity contribution in [3.05, 3.63) is 19.4 Å². The fraction of sp³-hybridized carbons (Fsp3) is 0.250. The highest BCUT2D eigenvalue weighted by molar-refractivity contribution is 14.1. The van der Waals surface area contributed by atoms with Crippen LogP contribution in [-0.4, -0.2) is 21.2 Å². The average Bonchev–Trinajstić information content (AvgIpc) is 2.42. The molecule has 0 atom stereocenters. The number of fused-ring (bicyclic) bond motifs is 1. The lowest BCUT2D eigenvalue weighted by molar-refractivity contribution is 0.123. The van der Waals surface area contributed by atoms with E-state index in [1.807, 2.05) is 22.6 Å². The zero-order valence-electron chi connectivity index (χ0n) is 7.59. The van der Waals surface area contributed by atoms with E-state index in [9.17, 15) is 8.78 Å². The molecule has 86 valence electrons. The molecule has 0 aliphatic rings. The van der Waals surface area contributed by atoms with Crippen molar-refractivity contribution < 1.29 is 8.78 Å². The second-order valence-electron chi connectivity index (χ2n) is 2.99. The number of hydrogen-bond acceptors (Lipinski definition) is 2. The molecule has 0 saturated carbocycles. The summed E-state index contributed by atoms with van der Waals surface area (Å²) in [5.41, 5.74) is 1.06. The summed E-state index contributed by atoms with van der Waals surface area (Å²) >= 11 is 11.0. The first-order valence-electron chi connectivity index (χ1n) is 4.15. The minimum Gasteiger partial charge on any atom is -0.255 e. The standard InChI is InChI=1S/C8H4BrClF2IN3/c9-3-1-4(10)14-6-7(3)16(2-5(11)12)15-8(6)13/h1,5H,2H2. The summed E-state index contributed by atoms with van der Waals surface area (Å²) < 4.78 is 27.1. The Balaban J connectivity index is 2.68. The molecule has 0 radical (unpaired) electrons. The van der Waals surface area contributed by atoms with Crippen LogP contribution in [0.15, 0.2) is 10.5 Å². The molecular weight excluding hydrogens is 418 g/mol. The van der Waals surface area contributed by atoms with Crippen LogP contribution in [-0.2, 0) is 6.54 Å². The number of alkyl halides is 2. The van der Waals surface area contributed by atoms with Crippen molar-refractivity contribution in [3.8, 4) is 0 Å². The molecule has 2 heterocycles. The average molecular weight is 422 g/mol. The van der Waals surface area contributed by atoms with E-state index in [0.29, 0.717) is 24.4 Å². The van der Waals surface area contributed by atoms with Crippen LogP contribution in [0.2, 0.25) is 5.15 Å². The van der Waals surface area contributed by atoms with Crippen molar-refractivity contribution in [2.75, 3.05) is 0 Å². The molecule has 0 unspecified atom stereocenters. The summed E-state index contributed by atoms with van der Waals surface area (Å²) in [6.07, 6.45) is -2.46. The molecule has 0 saturated heterocycles. The van der Waals surface area contributed by atoms with Crippen molar-refractivity contribution >= 4 is 61.2 Å². The Morgan fingerprint density at radius 2 is 2.25 bits per heavy atom. The third-order valence-corrected chi connectivity index (χ3v) is 3.41. The molecule has 16 heavy (non-hydrogen) atoms. The molecule has 2 aromatic heterocycles. The van der Waals surface area contributed by atoms with E-state index in [2.05, 4.69) is 26.0 Å². The Morgan fingerprint density at radius 1 is 1.56 bits per heavy atom. The number of nitrogens with zero attached hydrogens (tertiary/aromatic N) is 3. The van der Waals surface area contributed by atoms with E-state index in [0.717, 1.165) is 0 Å². The molecule has 0 aliphatic carbocycles. The fourth-order valence-corrected chi connectivity index (χ4v) is 2.90. The Labute approximate surface area is 116 Å². The minimum atomic E-state index is -2.46. The Morgan fingerprint density at radius 3 is 2.88 bits per heavy atom. The second-order valence-corrected chi connectivity index (χ2v) is 5.25. The Kier molecular flexibility index (Phi) is 3.65. The molecule has 0 spiro atoms. The maximum absolute atomic E-state index is 12.3. The number of aromatic nitrogens is 3. The summed E-state index contributed by atoms with van der Waals surface area (Å²) in [6.45, 7) is -0.457. The van der Waals surface area contributed by atoms with Gasteiger partial charge in [0.05, 0.1) is 0 Å². The maximum Gasteiger partial charge on any atom is 0.257 e. The number of rotatable bonds is 2. The lowest BCUT2D eigenvalue weighted by Gasteiger charge is -2.03.